The van der Waals surface area contributed by atoms with E-state index in [1.54, 1.807) is 0 Å². The first-order chi connectivity index (χ1) is 28.2. The van der Waals surface area contributed by atoms with Crippen LogP contribution in [0.5, 0.6) is 0 Å². The number of carbonyl (C=O) groups excluding carboxylic acids is 2. The van der Waals surface area contributed by atoms with E-state index in [1.165, 1.54) is 23.8 Å². The van der Waals surface area contributed by atoms with Gasteiger partial charge in [-0.2, -0.15) is 0 Å². The van der Waals surface area contributed by atoms with Crippen LogP contribution >= 0.6 is 0 Å². The van der Waals surface area contributed by atoms with Crippen molar-refractivity contribution in [3.05, 3.63) is 103 Å². The summed E-state index contributed by atoms with van der Waals surface area (Å²) in [5.41, 5.74) is 13.6. The van der Waals surface area contributed by atoms with Gasteiger partial charge in [0.2, 0.25) is 0 Å². The Balaban J connectivity index is 1.32. The van der Waals surface area contributed by atoms with Crippen LogP contribution in [0.15, 0.2) is 59.1 Å². The van der Waals surface area contributed by atoms with E-state index in [9.17, 15) is 14.7 Å². The number of allylic oxidation sites excluding steroid dienone is 7. The van der Waals surface area contributed by atoms with Crippen LogP contribution < -0.4 is 21.2 Å². The van der Waals surface area contributed by atoms with Crippen molar-refractivity contribution < 1.29 is 24.2 Å². The van der Waals surface area contributed by atoms with E-state index in [1.807, 2.05) is 19.1 Å². The molecular weight excluding hydrogens is 737 g/mol. The van der Waals surface area contributed by atoms with Gasteiger partial charge in [0, 0.05) is 69.1 Å². The normalized spacial score (nSPS) is 26.3. The molecule has 0 amide bonds. The van der Waals surface area contributed by atoms with Gasteiger partial charge >= 0.3 is 11.9 Å². The molecule has 5 heterocycles. The Morgan fingerprint density at radius 1 is 0.881 bits per heavy atom. The molecule has 3 aliphatic heterocycles. The highest BCUT2D eigenvalue weighted by Crippen LogP contribution is 2.43. The Kier molecular flexibility index (Phi) is 13.5. The highest BCUT2D eigenvalue weighted by molar-refractivity contribution is 5.96. The van der Waals surface area contributed by atoms with Gasteiger partial charge in [-0.25, -0.2) is 0 Å². The predicted octanol–water partition coefficient (Wildman–Crippen LogP) is 9.19. The Morgan fingerprint density at radius 2 is 1.58 bits per heavy atom. The molecular formula is C50H66N4O5. The smallest absolute Gasteiger partial charge is 0.320 e. The summed E-state index contributed by atoms with van der Waals surface area (Å²) in [4.78, 5) is 34.3. The lowest BCUT2D eigenvalue weighted by Crippen LogP contribution is -2.38. The van der Waals surface area contributed by atoms with Gasteiger partial charge in [0.1, 0.15) is 18.3 Å². The number of carbonyl (C=O) groups is 2. The molecule has 9 nitrogen and oxygen atoms in total. The predicted molar refractivity (Wildman–Crippen MR) is 241 cm³/mol. The molecule has 2 aromatic rings. The summed E-state index contributed by atoms with van der Waals surface area (Å²) in [6.07, 6.45) is 19.6. The largest absolute Gasteiger partial charge is 0.510 e. The molecule has 8 bridgehead atoms. The van der Waals surface area contributed by atoms with Crippen molar-refractivity contribution >= 4 is 47.6 Å². The summed E-state index contributed by atoms with van der Waals surface area (Å²) in [5.74, 6) is -1.42. The number of nitrogens with one attached hydrogen (secondary N) is 4. The van der Waals surface area contributed by atoms with Crippen LogP contribution in [0.1, 0.15) is 127 Å². The lowest BCUT2D eigenvalue weighted by Gasteiger charge is -2.26. The first kappa shape index (κ1) is 43.4. The number of ether oxygens (including phenoxy) is 2. The van der Waals surface area contributed by atoms with Crippen LogP contribution in [0.2, 0.25) is 0 Å². The van der Waals surface area contributed by atoms with Crippen LogP contribution in [0, 0.1) is 43.4 Å². The number of esters is 2. The van der Waals surface area contributed by atoms with Gasteiger partial charge in [0.15, 0.2) is 0 Å². The topological polar surface area (TPSA) is 128 Å². The van der Waals surface area contributed by atoms with E-state index in [0.29, 0.717) is 11.6 Å². The van der Waals surface area contributed by atoms with Crippen LogP contribution in [0.3, 0.4) is 0 Å². The van der Waals surface area contributed by atoms with Gasteiger partial charge in [0.05, 0.1) is 18.5 Å². The molecule has 4 aliphatic rings. The third kappa shape index (κ3) is 8.90. The van der Waals surface area contributed by atoms with Crippen molar-refractivity contribution in [2.75, 3.05) is 13.7 Å². The zero-order chi connectivity index (χ0) is 42.7. The fourth-order valence-electron chi connectivity index (χ4n) is 9.69. The minimum Gasteiger partial charge on any atom is -0.510 e. The molecule has 0 aromatic carbocycles. The van der Waals surface area contributed by atoms with Gasteiger partial charge in [-0.15, -0.1) is 6.58 Å². The highest BCUT2D eigenvalue weighted by Gasteiger charge is 2.47. The van der Waals surface area contributed by atoms with Crippen molar-refractivity contribution in [1.29, 1.82) is 0 Å². The number of fused-ring (bicyclic) bond motifs is 8. The minimum atomic E-state index is -0.990. The second kappa shape index (κ2) is 18.4. The van der Waals surface area contributed by atoms with Crippen molar-refractivity contribution in [3.8, 4) is 0 Å². The molecule has 1 unspecified atom stereocenters. The van der Waals surface area contributed by atoms with Crippen LogP contribution in [0.4, 0.5) is 0 Å². The first-order valence-electron chi connectivity index (χ1n) is 21.6. The third-order valence-corrected chi connectivity index (χ3v) is 13.3. The quantitative estimate of drug-likeness (QED) is 0.0898. The fraction of sp³-hybridized carbons (Fsp3) is 0.480. The number of hydrogen-bond acceptors (Lipinski definition) is 7. The Labute approximate surface area is 350 Å². The lowest BCUT2D eigenvalue weighted by molar-refractivity contribution is -0.143. The number of aliphatic hydroxyl groups is 1. The summed E-state index contributed by atoms with van der Waals surface area (Å²) in [6, 6.07) is -0.393. The molecule has 6 rings (SSSR count). The van der Waals surface area contributed by atoms with E-state index >= 15 is 0 Å². The third-order valence-electron chi connectivity index (χ3n) is 13.3. The van der Waals surface area contributed by atoms with Crippen LogP contribution in [-0.4, -0.2) is 46.8 Å². The molecule has 0 saturated carbocycles. The number of aromatic nitrogens is 2. The molecule has 0 radical (unpaired) electrons. The minimum absolute atomic E-state index is 0.0113. The van der Waals surface area contributed by atoms with Crippen molar-refractivity contribution in [2.24, 2.45) is 29.6 Å². The average molecular weight is 803 g/mol. The van der Waals surface area contributed by atoms with Gasteiger partial charge in [-0.3, -0.25) is 9.59 Å². The monoisotopic (exact) mass is 803 g/mol. The van der Waals surface area contributed by atoms with E-state index in [0.717, 1.165) is 100 Å². The maximum atomic E-state index is 13.6. The van der Waals surface area contributed by atoms with Gasteiger partial charge in [0.25, 0.3) is 0 Å². The first-order valence-corrected chi connectivity index (χ1v) is 21.6. The number of H-pyrrole nitrogens is 2. The molecule has 2 fully saturated rings. The summed E-state index contributed by atoms with van der Waals surface area (Å²) in [5, 5.41) is 20.8. The van der Waals surface area contributed by atoms with Gasteiger partial charge < -0.3 is 35.2 Å². The molecule has 1 aliphatic carbocycles. The summed E-state index contributed by atoms with van der Waals surface area (Å²) in [6.45, 7) is 25.5. The second-order valence-electron chi connectivity index (χ2n) is 17.4. The van der Waals surface area contributed by atoms with Gasteiger partial charge in [-0.1, -0.05) is 56.2 Å². The van der Waals surface area contributed by atoms with Crippen molar-refractivity contribution in [2.45, 2.75) is 113 Å². The number of rotatable bonds is 15. The standard InChI is InChI=1S/C50H66N4O5/c1-12-34-30(7)37-24-39-32(9)36(20-21-43(55)59-23-22-29(6)19-15-18-28(5)17-14-16-27(3)4)47(53-39)45-46(50(57)58-11)49(56)44-33(10)40(54-48(44)45)26-42-35(13-2)31(8)38(52-42)25-41(34)51-37/h12,18,22,24-26,31-32,35-36,46-47,51-54,56H,1,3,13-17,19-21,23H2,2,4-11H3/b28-18+,29-22+,38-25-,39-24-,42-26-/t31-,32+,35?,36+,46-,47-/m1/s1. The molecule has 2 saturated heterocycles. The molecule has 59 heavy (non-hydrogen) atoms. The second-order valence-corrected chi connectivity index (χ2v) is 17.4. The Hall–Kier alpha value is -5.18. The van der Waals surface area contributed by atoms with Gasteiger partial charge in [-0.05, 0) is 126 Å². The van der Waals surface area contributed by atoms with Crippen molar-refractivity contribution in [1.82, 2.24) is 20.6 Å². The molecule has 5 N–H and O–H groups in total. The van der Waals surface area contributed by atoms with E-state index < -0.39 is 17.9 Å². The Morgan fingerprint density at radius 3 is 2.27 bits per heavy atom. The number of methoxy groups -OCH3 is 1. The summed E-state index contributed by atoms with van der Waals surface area (Å²) in [7, 11) is 1.36. The molecule has 0 spiro atoms. The van der Waals surface area contributed by atoms with Crippen molar-refractivity contribution in [3.63, 3.8) is 0 Å². The molecule has 316 valence electrons. The zero-order valence-electron chi connectivity index (χ0n) is 36.8. The molecule has 2 aromatic heterocycles. The maximum absolute atomic E-state index is 13.6. The number of aliphatic hydroxyl groups excluding tert-OH is 1. The van der Waals surface area contributed by atoms with E-state index in [4.69, 9.17) is 9.47 Å². The number of hydrogen-bond donors (Lipinski definition) is 5. The van der Waals surface area contributed by atoms with E-state index in [-0.39, 0.29) is 48.4 Å². The van der Waals surface area contributed by atoms with Crippen LogP contribution in [0.25, 0.3) is 35.6 Å². The van der Waals surface area contributed by atoms with E-state index in [2.05, 4.69) is 107 Å². The average Bonchev–Trinajstić information content (AvgIpc) is 3.94. The SMILES string of the molecule is C=Cc1c2[nH]c(c1C)/C=C1\N[C@@H](C3=c4[nH]c(c(C)c4=C(O)[C@@H]3C(=O)OC)/C=C3\N/C(=C\2)[C@H](C)C3CC)[C@@H](CCC(=O)OC/C=C(\C)CC/C=C(\C)CCCC(=C)C)[C@@H]1C. The summed E-state index contributed by atoms with van der Waals surface area (Å²) < 4.78 is 11.1. The summed E-state index contributed by atoms with van der Waals surface area (Å²) >= 11 is 0. The van der Waals surface area contributed by atoms with Crippen LogP contribution in [-0.2, 0) is 19.1 Å². The number of aromatic amines is 2. The highest BCUT2D eigenvalue weighted by atomic mass is 16.5. The Bertz CT molecular complexity index is 2290. The molecule has 9 heteroatoms. The maximum Gasteiger partial charge on any atom is 0.320 e. The molecule has 6 atom stereocenters. The fourth-order valence-corrected chi connectivity index (χ4v) is 9.69. The zero-order valence-corrected chi connectivity index (χ0v) is 36.8. The lowest BCUT2D eigenvalue weighted by atomic mass is 9.80.